The molecule has 0 amide bonds. The number of aromatic nitrogens is 1. The molecule has 1 aliphatic rings. The summed E-state index contributed by atoms with van der Waals surface area (Å²) in [5.41, 5.74) is 1.40. The van der Waals surface area contributed by atoms with Crippen molar-refractivity contribution in [2.75, 3.05) is 13.1 Å². The number of pyridine rings is 1. The molecule has 1 aromatic heterocycles. The Balaban J connectivity index is 1.90. The molecular weight excluding hydrogens is 244 g/mol. The minimum absolute atomic E-state index is 0.745. The SMILES string of the molecule is CC(C)CNCC1CCC(C)CC1Cc1cccnc1. The summed E-state index contributed by atoms with van der Waals surface area (Å²) in [6.07, 6.45) is 9.27. The lowest BCUT2D eigenvalue weighted by Gasteiger charge is -2.35. The van der Waals surface area contributed by atoms with Crippen LogP contribution < -0.4 is 5.32 Å². The molecule has 3 atom stereocenters. The van der Waals surface area contributed by atoms with Crippen LogP contribution in [0.4, 0.5) is 0 Å². The van der Waals surface area contributed by atoms with E-state index in [-0.39, 0.29) is 0 Å². The van der Waals surface area contributed by atoms with E-state index in [2.05, 4.69) is 43.2 Å². The van der Waals surface area contributed by atoms with Crippen molar-refractivity contribution in [3.63, 3.8) is 0 Å². The maximum atomic E-state index is 4.26. The molecule has 1 saturated carbocycles. The van der Waals surface area contributed by atoms with Crippen LogP contribution in [0.2, 0.25) is 0 Å². The molecule has 0 radical (unpaired) electrons. The number of hydrogen-bond donors (Lipinski definition) is 1. The van der Waals surface area contributed by atoms with Crippen LogP contribution in [0.5, 0.6) is 0 Å². The maximum Gasteiger partial charge on any atom is 0.0299 e. The lowest BCUT2D eigenvalue weighted by molar-refractivity contribution is 0.182. The third-order valence-corrected chi connectivity index (χ3v) is 4.58. The van der Waals surface area contributed by atoms with E-state index in [9.17, 15) is 0 Å². The molecule has 1 N–H and O–H groups in total. The van der Waals surface area contributed by atoms with Gasteiger partial charge in [-0.1, -0.05) is 33.3 Å². The lowest BCUT2D eigenvalue weighted by atomic mass is 9.72. The predicted molar refractivity (Wildman–Crippen MR) is 85.6 cm³/mol. The first-order valence-corrected chi connectivity index (χ1v) is 8.24. The molecule has 2 nitrogen and oxygen atoms in total. The van der Waals surface area contributed by atoms with Gasteiger partial charge >= 0.3 is 0 Å². The van der Waals surface area contributed by atoms with Crippen molar-refractivity contribution >= 4 is 0 Å². The standard InChI is InChI=1S/C18H30N2/c1-14(2)11-20-13-17-7-6-15(3)9-18(17)10-16-5-4-8-19-12-16/h4-5,8,12,14-15,17-18,20H,6-7,9-11,13H2,1-3H3. The first kappa shape index (κ1) is 15.5. The summed E-state index contributed by atoms with van der Waals surface area (Å²) in [4.78, 5) is 4.26. The summed E-state index contributed by atoms with van der Waals surface area (Å²) in [7, 11) is 0. The van der Waals surface area contributed by atoms with Crippen molar-refractivity contribution < 1.29 is 0 Å². The molecule has 1 aliphatic carbocycles. The van der Waals surface area contributed by atoms with Crippen LogP contribution in [-0.4, -0.2) is 18.1 Å². The molecule has 2 heteroatoms. The van der Waals surface area contributed by atoms with Gasteiger partial charge in [0, 0.05) is 12.4 Å². The molecule has 0 aliphatic heterocycles. The average Bonchev–Trinajstić information content (AvgIpc) is 2.42. The minimum Gasteiger partial charge on any atom is -0.316 e. The van der Waals surface area contributed by atoms with Crippen molar-refractivity contribution in [1.82, 2.24) is 10.3 Å². The summed E-state index contributed by atoms with van der Waals surface area (Å²) in [6.45, 7) is 9.31. The number of nitrogens with zero attached hydrogens (tertiary/aromatic N) is 1. The van der Waals surface area contributed by atoms with Crippen LogP contribution in [0.15, 0.2) is 24.5 Å². The highest BCUT2D eigenvalue weighted by atomic mass is 14.9. The van der Waals surface area contributed by atoms with Gasteiger partial charge in [-0.2, -0.15) is 0 Å². The van der Waals surface area contributed by atoms with Crippen molar-refractivity contribution in [3.8, 4) is 0 Å². The Morgan fingerprint density at radius 3 is 2.85 bits per heavy atom. The molecule has 1 aromatic rings. The quantitative estimate of drug-likeness (QED) is 0.850. The van der Waals surface area contributed by atoms with Crippen LogP contribution in [0.3, 0.4) is 0 Å². The van der Waals surface area contributed by atoms with Gasteiger partial charge in [-0.25, -0.2) is 0 Å². The fraction of sp³-hybridized carbons (Fsp3) is 0.722. The van der Waals surface area contributed by atoms with Crippen LogP contribution in [0.25, 0.3) is 0 Å². The highest BCUT2D eigenvalue weighted by molar-refractivity contribution is 5.10. The van der Waals surface area contributed by atoms with Gasteiger partial charge in [0.15, 0.2) is 0 Å². The van der Waals surface area contributed by atoms with E-state index in [1.54, 1.807) is 0 Å². The van der Waals surface area contributed by atoms with Crippen molar-refractivity contribution in [1.29, 1.82) is 0 Å². The Kier molecular flexibility index (Phi) is 6.03. The number of nitrogens with one attached hydrogen (secondary N) is 1. The van der Waals surface area contributed by atoms with Gasteiger partial charge in [0.05, 0.1) is 0 Å². The summed E-state index contributed by atoms with van der Waals surface area (Å²) < 4.78 is 0. The fourth-order valence-corrected chi connectivity index (χ4v) is 3.46. The van der Waals surface area contributed by atoms with Gasteiger partial charge in [-0.15, -0.1) is 0 Å². The largest absolute Gasteiger partial charge is 0.316 e. The highest BCUT2D eigenvalue weighted by Gasteiger charge is 2.28. The van der Waals surface area contributed by atoms with Gasteiger partial charge in [-0.3, -0.25) is 4.98 Å². The van der Waals surface area contributed by atoms with E-state index in [1.807, 2.05) is 12.4 Å². The molecule has 0 aromatic carbocycles. The molecular formula is C18H30N2. The second-order valence-corrected chi connectivity index (χ2v) is 7.06. The van der Waals surface area contributed by atoms with E-state index in [0.29, 0.717) is 0 Å². The van der Waals surface area contributed by atoms with E-state index in [0.717, 1.165) is 30.2 Å². The molecule has 0 spiro atoms. The molecule has 0 bridgehead atoms. The Hall–Kier alpha value is -0.890. The van der Waals surface area contributed by atoms with Crippen LogP contribution in [0, 0.1) is 23.7 Å². The summed E-state index contributed by atoms with van der Waals surface area (Å²) in [5, 5.41) is 3.67. The van der Waals surface area contributed by atoms with Gasteiger partial charge in [0.2, 0.25) is 0 Å². The van der Waals surface area contributed by atoms with Crippen LogP contribution in [0.1, 0.15) is 45.6 Å². The second-order valence-electron chi connectivity index (χ2n) is 7.06. The third-order valence-electron chi connectivity index (χ3n) is 4.58. The average molecular weight is 274 g/mol. The van der Waals surface area contributed by atoms with Crippen LogP contribution >= 0.6 is 0 Å². The third kappa shape index (κ3) is 4.90. The topological polar surface area (TPSA) is 24.9 Å². The number of rotatable bonds is 6. The fourth-order valence-electron chi connectivity index (χ4n) is 3.46. The molecule has 1 heterocycles. The molecule has 2 rings (SSSR count). The Morgan fingerprint density at radius 2 is 2.15 bits per heavy atom. The maximum absolute atomic E-state index is 4.26. The van der Waals surface area contributed by atoms with Crippen LogP contribution in [-0.2, 0) is 6.42 Å². The predicted octanol–water partition coefficient (Wildman–Crippen LogP) is 3.92. The molecule has 112 valence electrons. The monoisotopic (exact) mass is 274 g/mol. The van der Waals surface area contributed by atoms with E-state index in [1.165, 1.54) is 37.8 Å². The molecule has 20 heavy (non-hydrogen) atoms. The van der Waals surface area contributed by atoms with Gasteiger partial charge in [0.25, 0.3) is 0 Å². The first-order valence-electron chi connectivity index (χ1n) is 8.24. The zero-order valence-corrected chi connectivity index (χ0v) is 13.3. The van der Waals surface area contributed by atoms with E-state index in [4.69, 9.17) is 0 Å². The summed E-state index contributed by atoms with van der Waals surface area (Å²) in [5.74, 6) is 3.29. The smallest absolute Gasteiger partial charge is 0.0299 e. The lowest BCUT2D eigenvalue weighted by Crippen LogP contribution is -2.35. The van der Waals surface area contributed by atoms with Gasteiger partial charge in [-0.05, 0) is 67.7 Å². The Bertz CT molecular complexity index is 374. The molecule has 0 saturated heterocycles. The Labute approximate surface area is 124 Å². The highest BCUT2D eigenvalue weighted by Crippen LogP contribution is 2.35. The molecule has 1 fully saturated rings. The number of hydrogen-bond acceptors (Lipinski definition) is 2. The summed E-state index contributed by atoms with van der Waals surface area (Å²) >= 11 is 0. The van der Waals surface area contributed by atoms with E-state index >= 15 is 0 Å². The van der Waals surface area contributed by atoms with Crippen molar-refractivity contribution in [2.45, 2.75) is 46.5 Å². The van der Waals surface area contributed by atoms with Crippen molar-refractivity contribution in [3.05, 3.63) is 30.1 Å². The van der Waals surface area contributed by atoms with Gasteiger partial charge < -0.3 is 5.32 Å². The molecule has 3 unspecified atom stereocenters. The Morgan fingerprint density at radius 1 is 1.30 bits per heavy atom. The zero-order chi connectivity index (χ0) is 14.4. The van der Waals surface area contributed by atoms with E-state index < -0.39 is 0 Å². The first-order chi connectivity index (χ1) is 9.65. The minimum atomic E-state index is 0.745. The summed E-state index contributed by atoms with van der Waals surface area (Å²) in [6, 6.07) is 4.29. The van der Waals surface area contributed by atoms with Crippen molar-refractivity contribution in [2.24, 2.45) is 23.7 Å². The van der Waals surface area contributed by atoms with Gasteiger partial charge in [0.1, 0.15) is 0 Å². The normalized spacial score (nSPS) is 26.9. The second kappa shape index (κ2) is 7.78. The zero-order valence-electron chi connectivity index (χ0n) is 13.3.